The third-order valence-corrected chi connectivity index (χ3v) is 4.48. The Morgan fingerprint density at radius 2 is 2.00 bits per heavy atom. The van der Waals surface area contributed by atoms with Gasteiger partial charge < -0.3 is 5.11 Å². The van der Waals surface area contributed by atoms with Crippen LogP contribution >= 0.6 is 11.3 Å². The van der Waals surface area contributed by atoms with Gasteiger partial charge in [0.2, 0.25) is 0 Å². The molecular weight excluding hydrogens is 284 g/mol. The highest BCUT2D eigenvalue weighted by molar-refractivity contribution is 7.11. The molecule has 1 heterocycles. The van der Waals surface area contributed by atoms with Gasteiger partial charge in [-0.3, -0.25) is 10.1 Å². The van der Waals surface area contributed by atoms with Crippen LogP contribution in [0.15, 0.2) is 36.5 Å². The van der Waals surface area contributed by atoms with Gasteiger partial charge in [0.1, 0.15) is 6.04 Å². The summed E-state index contributed by atoms with van der Waals surface area (Å²) in [7, 11) is 0. The van der Waals surface area contributed by atoms with E-state index >= 15 is 0 Å². The van der Waals surface area contributed by atoms with Gasteiger partial charge in [-0.15, -0.1) is 11.3 Å². The molecule has 0 bridgehead atoms. The van der Waals surface area contributed by atoms with Crippen LogP contribution in [0.2, 0.25) is 0 Å². The van der Waals surface area contributed by atoms with Gasteiger partial charge >= 0.3 is 5.97 Å². The first-order valence-electron chi connectivity index (χ1n) is 6.84. The van der Waals surface area contributed by atoms with Crippen molar-refractivity contribution in [2.45, 2.75) is 38.8 Å². The SMILES string of the molecule is CC(C)(C)c1ncc(CN[C@H](C(=O)O)c2ccccc2)s1. The number of hydrogen-bond acceptors (Lipinski definition) is 4. The monoisotopic (exact) mass is 304 g/mol. The van der Waals surface area contributed by atoms with Crippen LogP contribution in [-0.2, 0) is 16.8 Å². The van der Waals surface area contributed by atoms with Gasteiger partial charge in [-0.1, -0.05) is 51.1 Å². The molecule has 2 N–H and O–H groups in total. The third kappa shape index (κ3) is 4.12. The molecule has 5 heteroatoms. The number of carbonyl (C=O) groups is 1. The lowest BCUT2D eigenvalue weighted by Crippen LogP contribution is -2.27. The first-order chi connectivity index (χ1) is 9.88. The molecule has 0 spiro atoms. The minimum atomic E-state index is -0.873. The Bertz CT molecular complexity index is 602. The molecule has 2 aromatic rings. The summed E-state index contributed by atoms with van der Waals surface area (Å²) < 4.78 is 0. The van der Waals surface area contributed by atoms with Crippen LogP contribution in [0.4, 0.5) is 0 Å². The Kier molecular flexibility index (Phi) is 4.75. The van der Waals surface area contributed by atoms with Crippen LogP contribution in [0.3, 0.4) is 0 Å². The highest BCUT2D eigenvalue weighted by atomic mass is 32.1. The maximum Gasteiger partial charge on any atom is 0.325 e. The van der Waals surface area contributed by atoms with Gasteiger partial charge in [0, 0.05) is 23.0 Å². The number of aliphatic carboxylic acids is 1. The molecule has 0 radical (unpaired) electrons. The van der Waals surface area contributed by atoms with E-state index in [0.29, 0.717) is 6.54 Å². The van der Waals surface area contributed by atoms with Crippen molar-refractivity contribution in [2.75, 3.05) is 0 Å². The van der Waals surface area contributed by atoms with Gasteiger partial charge in [0.25, 0.3) is 0 Å². The van der Waals surface area contributed by atoms with Crippen molar-refractivity contribution in [1.29, 1.82) is 0 Å². The van der Waals surface area contributed by atoms with E-state index in [-0.39, 0.29) is 5.41 Å². The van der Waals surface area contributed by atoms with Crippen molar-refractivity contribution in [1.82, 2.24) is 10.3 Å². The van der Waals surface area contributed by atoms with Crippen molar-refractivity contribution < 1.29 is 9.90 Å². The molecule has 0 fully saturated rings. The lowest BCUT2D eigenvalue weighted by Gasteiger charge is -2.14. The Labute approximate surface area is 128 Å². The predicted octanol–water partition coefficient (Wildman–Crippen LogP) is 3.36. The van der Waals surface area contributed by atoms with Gasteiger partial charge in [-0.2, -0.15) is 0 Å². The summed E-state index contributed by atoms with van der Waals surface area (Å²) in [5.41, 5.74) is 0.778. The fraction of sp³-hybridized carbons (Fsp3) is 0.375. The Morgan fingerprint density at radius 1 is 1.33 bits per heavy atom. The summed E-state index contributed by atoms with van der Waals surface area (Å²) in [6, 6.07) is 8.50. The van der Waals surface area contributed by atoms with E-state index in [1.165, 1.54) is 0 Å². The van der Waals surface area contributed by atoms with Gasteiger partial charge in [0.05, 0.1) is 5.01 Å². The number of aromatic nitrogens is 1. The number of thiazole rings is 1. The number of benzene rings is 1. The molecule has 112 valence electrons. The first kappa shape index (κ1) is 15.7. The molecule has 1 atom stereocenters. The number of hydrogen-bond donors (Lipinski definition) is 2. The van der Waals surface area contributed by atoms with Crippen LogP contribution in [-0.4, -0.2) is 16.1 Å². The summed E-state index contributed by atoms with van der Waals surface area (Å²) in [6.45, 7) is 6.85. The van der Waals surface area contributed by atoms with Crippen LogP contribution < -0.4 is 5.32 Å². The van der Waals surface area contributed by atoms with E-state index in [2.05, 4.69) is 31.1 Å². The standard InChI is InChI=1S/C16H20N2O2S/c1-16(2,3)15-18-10-12(21-15)9-17-13(14(19)20)11-7-5-4-6-8-11/h4-8,10,13,17H,9H2,1-3H3,(H,19,20)/t13-/m0/s1. The van der Waals surface area contributed by atoms with Gasteiger partial charge in [0.15, 0.2) is 0 Å². The largest absolute Gasteiger partial charge is 0.480 e. The number of nitrogens with zero attached hydrogens (tertiary/aromatic N) is 1. The van der Waals surface area contributed by atoms with Crippen molar-refractivity contribution in [3.8, 4) is 0 Å². The first-order valence-corrected chi connectivity index (χ1v) is 7.66. The molecule has 2 rings (SSSR count). The molecule has 1 aromatic carbocycles. The lowest BCUT2D eigenvalue weighted by atomic mass is 9.98. The summed E-state index contributed by atoms with van der Waals surface area (Å²) in [5.74, 6) is -0.873. The average molecular weight is 304 g/mol. The Balaban J connectivity index is 2.06. The van der Waals surface area contributed by atoms with E-state index in [1.54, 1.807) is 11.3 Å². The molecule has 1 aromatic heterocycles. The van der Waals surface area contributed by atoms with E-state index in [4.69, 9.17) is 0 Å². The Hall–Kier alpha value is -1.72. The smallest absolute Gasteiger partial charge is 0.325 e. The molecule has 0 saturated carbocycles. The normalized spacial score (nSPS) is 13.1. The molecule has 0 unspecified atom stereocenters. The topological polar surface area (TPSA) is 62.2 Å². The highest BCUT2D eigenvalue weighted by Crippen LogP contribution is 2.27. The van der Waals surface area contributed by atoms with Gasteiger partial charge in [-0.05, 0) is 5.56 Å². The summed E-state index contributed by atoms with van der Waals surface area (Å²) in [4.78, 5) is 16.9. The summed E-state index contributed by atoms with van der Waals surface area (Å²) in [6.07, 6.45) is 1.82. The fourth-order valence-corrected chi connectivity index (χ4v) is 2.85. The van der Waals surface area contributed by atoms with Crippen molar-refractivity contribution in [3.63, 3.8) is 0 Å². The number of carboxylic acids is 1. The zero-order valence-electron chi connectivity index (χ0n) is 12.5. The average Bonchev–Trinajstić information content (AvgIpc) is 2.88. The molecule has 0 aliphatic carbocycles. The fourth-order valence-electron chi connectivity index (χ4n) is 1.93. The lowest BCUT2D eigenvalue weighted by molar-refractivity contribution is -0.139. The second-order valence-electron chi connectivity index (χ2n) is 5.94. The number of nitrogens with one attached hydrogen (secondary N) is 1. The number of carboxylic acid groups (broad SMARTS) is 1. The minimum Gasteiger partial charge on any atom is -0.480 e. The zero-order valence-corrected chi connectivity index (χ0v) is 13.3. The van der Waals surface area contributed by atoms with Crippen LogP contribution in [0.5, 0.6) is 0 Å². The third-order valence-electron chi connectivity index (χ3n) is 3.06. The van der Waals surface area contributed by atoms with Crippen molar-refractivity contribution in [3.05, 3.63) is 52.0 Å². The highest BCUT2D eigenvalue weighted by Gasteiger charge is 2.21. The second kappa shape index (κ2) is 6.37. The maximum absolute atomic E-state index is 11.4. The van der Waals surface area contributed by atoms with Gasteiger partial charge in [-0.25, -0.2) is 4.98 Å². The van der Waals surface area contributed by atoms with E-state index in [0.717, 1.165) is 15.4 Å². The van der Waals surface area contributed by atoms with Crippen molar-refractivity contribution in [2.24, 2.45) is 0 Å². The van der Waals surface area contributed by atoms with E-state index in [1.807, 2.05) is 36.5 Å². The van der Waals surface area contributed by atoms with E-state index in [9.17, 15) is 9.90 Å². The van der Waals surface area contributed by atoms with Crippen LogP contribution in [0.1, 0.15) is 42.3 Å². The van der Waals surface area contributed by atoms with Crippen molar-refractivity contribution >= 4 is 17.3 Å². The van der Waals surface area contributed by atoms with E-state index < -0.39 is 12.0 Å². The zero-order chi connectivity index (χ0) is 15.5. The molecule has 0 amide bonds. The maximum atomic E-state index is 11.4. The summed E-state index contributed by atoms with van der Waals surface area (Å²) >= 11 is 1.62. The molecule has 21 heavy (non-hydrogen) atoms. The number of rotatable bonds is 5. The minimum absolute atomic E-state index is 0.0224. The molecule has 4 nitrogen and oxygen atoms in total. The molecular formula is C16H20N2O2S. The second-order valence-corrected chi connectivity index (χ2v) is 7.06. The molecule has 0 aliphatic heterocycles. The molecule has 0 saturated heterocycles. The van der Waals surface area contributed by atoms with Crippen LogP contribution in [0, 0.1) is 0 Å². The Morgan fingerprint density at radius 3 is 2.52 bits per heavy atom. The van der Waals surface area contributed by atoms with Crippen LogP contribution in [0.25, 0.3) is 0 Å². The quantitative estimate of drug-likeness (QED) is 0.889. The molecule has 0 aliphatic rings. The predicted molar refractivity (Wildman–Crippen MR) is 84.5 cm³/mol. The summed E-state index contributed by atoms with van der Waals surface area (Å²) in [5, 5.41) is 13.5.